The topological polar surface area (TPSA) is 77.2 Å². The van der Waals surface area contributed by atoms with Crippen molar-refractivity contribution in [3.63, 3.8) is 0 Å². The number of rotatable bonds is 10. The molecule has 0 aliphatic rings. The average molecular weight is 520 g/mol. The van der Waals surface area contributed by atoms with Crippen LogP contribution >= 0.6 is 0 Å². The summed E-state index contributed by atoms with van der Waals surface area (Å²) in [6.45, 7) is 10.7. The van der Waals surface area contributed by atoms with Crippen LogP contribution in [0.25, 0.3) is 16.7 Å². The van der Waals surface area contributed by atoms with Gasteiger partial charge in [0.15, 0.2) is 6.10 Å². The largest absolute Gasteiger partial charge is 0.464 e. The van der Waals surface area contributed by atoms with E-state index in [1.807, 2.05) is 32.9 Å². The maximum Gasteiger partial charge on any atom is 0.416 e. The number of alkyl halides is 3. The van der Waals surface area contributed by atoms with E-state index >= 15 is 0 Å². The highest BCUT2D eigenvalue weighted by molar-refractivity contribution is 5.75. The first kappa shape index (κ1) is 28.6. The van der Waals surface area contributed by atoms with Crippen molar-refractivity contribution in [3.8, 4) is 5.69 Å². The molecule has 37 heavy (non-hydrogen) atoms. The molecule has 0 fully saturated rings. The highest BCUT2D eigenvalue weighted by atomic mass is 19.4. The van der Waals surface area contributed by atoms with Gasteiger partial charge in [0.1, 0.15) is 11.0 Å². The van der Waals surface area contributed by atoms with E-state index in [1.54, 1.807) is 6.07 Å². The fourth-order valence-corrected chi connectivity index (χ4v) is 3.95. The summed E-state index contributed by atoms with van der Waals surface area (Å²) < 4.78 is 44.6. The van der Waals surface area contributed by atoms with Gasteiger partial charge >= 0.3 is 12.1 Å². The van der Waals surface area contributed by atoms with Gasteiger partial charge in [-0.25, -0.2) is 4.79 Å². The number of aliphatic hydroxyl groups is 1. The molecule has 9 heteroatoms. The molecular formula is C28H36F3N3O3. The van der Waals surface area contributed by atoms with Crippen LogP contribution < -0.4 is 0 Å². The molecule has 2 aromatic carbocycles. The van der Waals surface area contributed by atoms with Gasteiger partial charge in [-0.3, -0.25) is 0 Å². The quantitative estimate of drug-likeness (QED) is 0.248. The number of nitrogens with zero attached hydrogens (tertiary/aromatic N) is 3. The fraction of sp³-hybridized carbons (Fsp3) is 0.536. The molecule has 1 atom stereocenters. The second kappa shape index (κ2) is 11.6. The number of hydrogen-bond donors (Lipinski definition) is 1. The van der Waals surface area contributed by atoms with Gasteiger partial charge in [0.2, 0.25) is 0 Å². The molecule has 0 radical (unpaired) electrons. The van der Waals surface area contributed by atoms with Crippen LogP contribution in [-0.2, 0) is 27.5 Å². The van der Waals surface area contributed by atoms with Crippen molar-refractivity contribution < 1.29 is 27.8 Å². The Labute approximate surface area is 215 Å². The number of hydrogen-bond acceptors (Lipinski definition) is 5. The smallest absolute Gasteiger partial charge is 0.416 e. The van der Waals surface area contributed by atoms with Crippen LogP contribution in [0.2, 0.25) is 0 Å². The number of halogens is 3. The Morgan fingerprint density at radius 2 is 1.68 bits per heavy atom. The van der Waals surface area contributed by atoms with Crippen molar-refractivity contribution in [1.82, 2.24) is 15.0 Å². The van der Waals surface area contributed by atoms with Gasteiger partial charge in [0, 0.05) is 6.42 Å². The highest BCUT2D eigenvalue weighted by Gasteiger charge is 2.31. The third-order valence-corrected chi connectivity index (χ3v) is 6.15. The Morgan fingerprint density at radius 1 is 0.973 bits per heavy atom. The minimum Gasteiger partial charge on any atom is -0.464 e. The van der Waals surface area contributed by atoms with Crippen LogP contribution in [0, 0.1) is 5.92 Å². The van der Waals surface area contributed by atoms with E-state index < -0.39 is 23.8 Å². The van der Waals surface area contributed by atoms with Crippen molar-refractivity contribution in [1.29, 1.82) is 0 Å². The summed E-state index contributed by atoms with van der Waals surface area (Å²) >= 11 is 0. The van der Waals surface area contributed by atoms with Gasteiger partial charge in [-0.1, -0.05) is 59.9 Å². The van der Waals surface area contributed by atoms with E-state index in [0.717, 1.165) is 43.4 Å². The lowest BCUT2D eigenvalue weighted by molar-refractivity contribution is -0.153. The van der Waals surface area contributed by atoms with Crippen LogP contribution in [-0.4, -0.2) is 38.8 Å². The highest BCUT2D eigenvalue weighted by Crippen LogP contribution is 2.31. The zero-order valence-electron chi connectivity index (χ0n) is 22.1. The number of aliphatic hydroxyl groups excluding tert-OH is 1. The van der Waals surface area contributed by atoms with Crippen molar-refractivity contribution >= 4 is 17.0 Å². The number of unbranched alkanes of at least 4 members (excludes halogenated alkanes) is 2. The Morgan fingerprint density at radius 3 is 2.32 bits per heavy atom. The molecule has 1 unspecified atom stereocenters. The average Bonchev–Trinajstić information content (AvgIpc) is 3.23. The number of ether oxygens (including phenoxy) is 1. The molecule has 1 heterocycles. The first-order chi connectivity index (χ1) is 17.2. The zero-order valence-corrected chi connectivity index (χ0v) is 22.1. The molecule has 202 valence electrons. The molecule has 3 aromatic rings. The minimum absolute atomic E-state index is 0.0299. The van der Waals surface area contributed by atoms with Crippen LogP contribution in [0.5, 0.6) is 0 Å². The lowest BCUT2D eigenvalue weighted by Gasteiger charge is -2.21. The zero-order chi connectivity index (χ0) is 27.4. The Balaban J connectivity index is 1.77. The molecule has 3 rings (SSSR count). The van der Waals surface area contributed by atoms with Crippen LogP contribution in [0.3, 0.4) is 0 Å². The molecular weight excluding hydrogens is 483 g/mol. The molecule has 0 saturated heterocycles. The van der Waals surface area contributed by atoms with Gasteiger partial charge in [0.05, 0.1) is 17.9 Å². The third kappa shape index (κ3) is 8.02. The normalized spacial score (nSPS) is 13.4. The number of carbonyl (C=O) groups is 1. The predicted octanol–water partition coefficient (Wildman–Crippen LogP) is 6.40. The van der Waals surface area contributed by atoms with E-state index in [-0.39, 0.29) is 24.0 Å². The van der Waals surface area contributed by atoms with Crippen LogP contribution in [0.15, 0.2) is 36.4 Å². The van der Waals surface area contributed by atoms with Gasteiger partial charge in [-0.15, -0.1) is 10.2 Å². The third-order valence-electron chi connectivity index (χ3n) is 6.15. The summed E-state index contributed by atoms with van der Waals surface area (Å²) in [5, 5.41) is 19.1. The molecule has 0 amide bonds. The van der Waals surface area contributed by atoms with Gasteiger partial charge < -0.3 is 9.84 Å². The van der Waals surface area contributed by atoms with Crippen LogP contribution in [0.4, 0.5) is 13.2 Å². The van der Waals surface area contributed by atoms with Gasteiger partial charge in [0.25, 0.3) is 0 Å². The van der Waals surface area contributed by atoms with Gasteiger partial charge in [-0.2, -0.15) is 18.0 Å². The summed E-state index contributed by atoms with van der Waals surface area (Å²) in [5.74, 6) is -0.0278. The molecule has 1 aromatic heterocycles. The van der Waals surface area contributed by atoms with Crippen molar-refractivity contribution in [2.24, 2.45) is 5.92 Å². The van der Waals surface area contributed by atoms with E-state index in [4.69, 9.17) is 4.74 Å². The summed E-state index contributed by atoms with van der Waals surface area (Å²) in [6.07, 6.45) is -1.85. The molecule has 0 saturated carbocycles. The van der Waals surface area contributed by atoms with Crippen molar-refractivity contribution in [2.45, 2.75) is 84.4 Å². The molecule has 0 aliphatic heterocycles. The summed E-state index contributed by atoms with van der Waals surface area (Å²) in [5.41, 5.74) is 1.48. The molecule has 0 bridgehead atoms. The van der Waals surface area contributed by atoms with E-state index in [1.165, 1.54) is 10.9 Å². The van der Waals surface area contributed by atoms with Gasteiger partial charge in [-0.05, 0) is 59.2 Å². The Kier molecular flexibility index (Phi) is 9.00. The molecule has 0 aliphatic carbocycles. The maximum atomic E-state index is 13.1. The number of benzene rings is 2. The second-order valence-corrected chi connectivity index (χ2v) is 11.0. The Bertz CT molecular complexity index is 1210. The lowest BCUT2D eigenvalue weighted by Crippen LogP contribution is -2.26. The fourth-order valence-electron chi connectivity index (χ4n) is 3.95. The van der Waals surface area contributed by atoms with Crippen LogP contribution in [0.1, 0.15) is 77.0 Å². The lowest BCUT2D eigenvalue weighted by atomic mass is 9.85. The predicted molar refractivity (Wildman–Crippen MR) is 137 cm³/mol. The SMILES string of the molecule is CC(C)CCCCCOC(=O)C(O)Cc1cc(-n2nc3ccc(C(F)(F)F)cc3n2)cc(C(C)(C)C)c1. The summed E-state index contributed by atoms with van der Waals surface area (Å²) in [4.78, 5) is 13.6. The summed E-state index contributed by atoms with van der Waals surface area (Å²) in [7, 11) is 0. The number of esters is 1. The van der Waals surface area contributed by atoms with E-state index in [0.29, 0.717) is 22.7 Å². The standard InChI is InChI=1S/C28H36F3N3O3/c1-18(2)9-7-6-8-12-37-26(36)25(35)15-19-13-21(27(3,4)5)16-22(14-19)34-32-23-11-10-20(28(29,30)31)17-24(23)33-34/h10-11,13-14,16-18,25,35H,6-9,12,15H2,1-5H3. The molecule has 1 N–H and O–H groups in total. The number of carbonyl (C=O) groups excluding carboxylic acids is 1. The number of aromatic nitrogens is 3. The minimum atomic E-state index is -4.48. The maximum absolute atomic E-state index is 13.1. The second-order valence-electron chi connectivity index (χ2n) is 11.0. The monoisotopic (exact) mass is 519 g/mol. The van der Waals surface area contributed by atoms with E-state index in [2.05, 4.69) is 24.0 Å². The molecule has 6 nitrogen and oxygen atoms in total. The van der Waals surface area contributed by atoms with Crippen molar-refractivity contribution in [3.05, 3.63) is 53.1 Å². The van der Waals surface area contributed by atoms with Crippen molar-refractivity contribution in [2.75, 3.05) is 6.61 Å². The first-order valence-corrected chi connectivity index (χ1v) is 12.7. The first-order valence-electron chi connectivity index (χ1n) is 12.7. The number of fused-ring (bicyclic) bond motifs is 1. The Hall–Kier alpha value is -2.94. The molecule has 0 spiro atoms. The summed E-state index contributed by atoms with van der Waals surface area (Å²) in [6, 6.07) is 8.71. The van der Waals surface area contributed by atoms with E-state index in [9.17, 15) is 23.1 Å².